The highest BCUT2D eigenvalue weighted by molar-refractivity contribution is 9.10. The minimum Gasteiger partial charge on any atom is -0.483 e. The molecule has 0 atom stereocenters. The molecule has 5 nitrogen and oxygen atoms in total. The average Bonchev–Trinajstić information content (AvgIpc) is 2.67. The second-order valence-corrected chi connectivity index (χ2v) is 8.22. The van der Waals surface area contributed by atoms with Crippen molar-refractivity contribution in [2.75, 3.05) is 25.0 Å². The van der Waals surface area contributed by atoms with Crippen LogP contribution in [0.25, 0.3) is 0 Å². The van der Waals surface area contributed by atoms with Crippen LogP contribution in [0.5, 0.6) is 5.75 Å². The van der Waals surface area contributed by atoms with Gasteiger partial charge in [0.15, 0.2) is 6.61 Å². The number of amides is 2. The lowest BCUT2D eigenvalue weighted by atomic mass is 9.98. The largest absolute Gasteiger partial charge is 0.483 e. The van der Waals surface area contributed by atoms with Crippen LogP contribution >= 0.6 is 15.9 Å². The number of rotatable bonds is 5. The molecule has 1 aliphatic rings. The summed E-state index contributed by atoms with van der Waals surface area (Å²) in [6, 6.07) is 12.7. The molecule has 148 valence electrons. The number of nitrogens with one attached hydrogen (secondary N) is 1. The van der Waals surface area contributed by atoms with E-state index in [9.17, 15) is 9.59 Å². The number of aryl methyl sites for hydroxylation is 1. The number of halogens is 1. The van der Waals surface area contributed by atoms with Gasteiger partial charge in [-0.25, -0.2) is 0 Å². The van der Waals surface area contributed by atoms with Crippen molar-refractivity contribution in [1.29, 1.82) is 0 Å². The van der Waals surface area contributed by atoms with E-state index >= 15 is 0 Å². The first-order chi connectivity index (χ1) is 13.4. The van der Waals surface area contributed by atoms with E-state index in [1.54, 1.807) is 24.3 Å². The smallest absolute Gasteiger partial charge is 0.262 e. The summed E-state index contributed by atoms with van der Waals surface area (Å²) in [5.74, 6) is 1.09. The van der Waals surface area contributed by atoms with Crippen LogP contribution in [0.2, 0.25) is 0 Å². The molecule has 0 aliphatic carbocycles. The fourth-order valence-corrected chi connectivity index (χ4v) is 3.71. The molecule has 6 heteroatoms. The molecule has 2 aromatic rings. The topological polar surface area (TPSA) is 58.6 Å². The molecule has 2 amide bonds. The first-order valence-electron chi connectivity index (χ1n) is 9.50. The van der Waals surface area contributed by atoms with Crippen LogP contribution in [0.4, 0.5) is 5.69 Å². The van der Waals surface area contributed by atoms with Crippen LogP contribution in [0.3, 0.4) is 0 Å². The van der Waals surface area contributed by atoms with Crippen LogP contribution in [0.15, 0.2) is 46.9 Å². The summed E-state index contributed by atoms with van der Waals surface area (Å²) in [5, 5.41) is 2.80. The molecule has 1 N–H and O–H groups in total. The summed E-state index contributed by atoms with van der Waals surface area (Å²) in [7, 11) is 0. The molecule has 0 radical (unpaired) electrons. The van der Waals surface area contributed by atoms with Gasteiger partial charge < -0.3 is 15.0 Å². The number of hydrogen-bond acceptors (Lipinski definition) is 3. The van der Waals surface area contributed by atoms with Crippen molar-refractivity contribution in [3.63, 3.8) is 0 Å². The minimum atomic E-state index is -0.265. The minimum absolute atomic E-state index is 0.0183. The molecule has 0 aromatic heterocycles. The molecule has 3 rings (SSSR count). The Kier molecular flexibility index (Phi) is 6.73. The Morgan fingerprint density at radius 2 is 1.93 bits per heavy atom. The van der Waals surface area contributed by atoms with Gasteiger partial charge >= 0.3 is 0 Å². The number of piperidine rings is 1. The molecule has 0 unspecified atom stereocenters. The van der Waals surface area contributed by atoms with E-state index < -0.39 is 0 Å². The summed E-state index contributed by atoms with van der Waals surface area (Å²) in [4.78, 5) is 26.8. The highest BCUT2D eigenvalue weighted by Gasteiger charge is 2.21. The monoisotopic (exact) mass is 444 g/mol. The SMILES string of the molecule is Cc1cc(Br)ccc1OCC(=O)Nc1cccc(C(=O)N2CCC(C)CC2)c1. The van der Waals surface area contributed by atoms with Gasteiger partial charge in [0, 0.05) is 28.8 Å². The lowest BCUT2D eigenvalue weighted by molar-refractivity contribution is -0.118. The second kappa shape index (κ2) is 9.24. The number of ether oxygens (including phenoxy) is 1. The van der Waals surface area contributed by atoms with Gasteiger partial charge in [-0.05, 0) is 67.6 Å². The van der Waals surface area contributed by atoms with Gasteiger partial charge in [-0.1, -0.05) is 28.9 Å². The Morgan fingerprint density at radius 3 is 2.64 bits per heavy atom. The lowest BCUT2D eigenvalue weighted by Crippen LogP contribution is -2.37. The molecular formula is C22H25BrN2O3. The summed E-state index contributed by atoms with van der Waals surface area (Å²) in [5.41, 5.74) is 2.14. The normalized spacial score (nSPS) is 14.6. The summed E-state index contributed by atoms with van der Waals surface area (Å²) >= 11 is 3.40. The number of anilines is 1. The van der Waals surface area contributed by atoms with Crippen molar-refractivity contribution in [3.05, 3.63) is 58.1 Å². The van der Waals surface area contributed by atoms with Gasteiger partial charge in [0.05, 0.1) is 0 Å². The van der Waals surface area contributed by atoms with E-state index in [4.69, 9.17) is 4.74 Å². The van der Waals surface area contributed by atoms with E-state index in [0.29, 0.717) is 22.9 Å². The average molecular weight is 445 g/mol. The number of carbonyl (C=O) groups excluding carboxylic acids is 2. The molecule has 0 bridgehead atoms. The van der Waals surface area contributed by atoms with Crippen molar-refractivity contribution >= 4 is 33.4 Å². The second-order valence-electron chi connectivity index (χ2n) is 7.30. The summed E-state index contributed by atoms with van der Waals surface area (Å²) in [6.07, 6.45) is 2.07. The molecule has 0 spiro atoms. The molecule has 1 fully saturated rings. The number of likely N-dealkylation sites (tertiary alicyclic amines) is 1. The quantitative estimate of drug-likeness (QED) is 0.729. The zero-order valence-electron chi connectivity index (χ0n) is 16.2. The fourth-order valence-electron chi connectivity index (χ4n) is 3.24. The lowest BCUT2D eigenvalue weighted by Gasteiger charge is -2.30. The molecular weight excluding hydrogens is 420 g/mol. The Labute approximate surface area is 174 Å². The molecule has 2 aromatic carbocycles. The predicted molar refractivity (Wildman–Crippen MR) is 114 cm³/mol. The van der Waals surface area contributed by atoms with Crippen LogP contribution in [-0.4, -0.2) is 36.4 Å². The fraction of sp³-hybridized carbons (Fsp3) is 0.364. The number of hydrogen-bond donors (Lipinski definition) is 1. The van der Waals surface area contributed by atoms with Crippen LogP contribution in [0.1, 0.15) is 35.7 Å². The van der Waals surface area contributed by atoms with Gasteiger partial charge in [-0.3, -0.25) is 9.59 Å². The van der Waals surface area contributed by atoms with E-state index in [0.717, 1.165) is 36.0 Å². The molecule has 1 saturated heterocycles. The van der Waals surface area contributed by atoms with E-state index in [1.165, 1.54) is 0 Å². The maximum absolute atomic E-state index is 12.7. The zero-order chi connectivity index (χ0) is 20.1. The van der Waals surface area contributed by atoms with Gasteiger partial charge in [0.1, 0.15) is 5.75 Å². The molecule has 1 aliphatic heterocycles. The Bertz CT molecular complexity index is 861. The summed E-state index contributed by atoms with van der Waals surface area (Å²) in [6.45, 7) is 5.63. The first kappa shape index (κ1) is 20.4. The molecule has 1 heterocycles. The third kappa shape index (κ3) is 5.35. The van der Waals surface area contributed by atoms with E-state index in [2.05, 4.69) is 28.2 Å². The van der Waals surface area contributed by atoms with E-state index in [-0.39, 0.29) is 18.4 Å². The maximum Gasteiger partial charge on any atom is 0.262 e. The molecule has 0 saturated carbocycles. The number of benzene rings is 2. The Hall–Kier alpha value is -2.34. The molecule has 28 heavy (non-hydrogen) atoms. The predicted octanol–water partition coefficient (Wildman–Crippen LogP) is 4.65. The number of nitrogens with zero attached hydrogens (tertiary/aromatic N) is 1. The summed E-state index contributed by atoms with van der Waals surface area (Å²) < 4.78 is 6.56. The highest BCUT2D eigenvalue weighted by Crippen LogP contribution is 2.22. The zero-order valence-corrected chi connectivity index (χ0v) is 17.8. The highest BCUT2D eigenvalue weighted by atomic mass is 79.9. The van der Waals surface area contributed by atoms with Crippen molar-refractivity contribution in [3.8, 4) is 5.75 Å². The van der Waals surface area contributed by atoms with Crippen LogP contribution < -0.4 is 10.1 Å². The van der Waals surface area contributed by atoms with Crippen molar-refractivity contribution in [2.24, 2.45) is 5.92 Å². The Morgan fingerprint density at radius 1 is 1.18 bits per heavy atom. The van der Waals surface area contributed by atoms with Gasteiger partial charge in [-0.2, -0.15) is 0 Å². The van der Waals surface area contributed by atoms with Crippen molar-refractivity contribution in [1.82, 2.24) is 4.90 Å². The standard InChI is InChI=1S/C22H25BrN2O3/c1-15-8-10-25(11-9-15)22(27)17-4-3-5-19(13-17)24-21(26)14-28-20-7-6-18(23)12-16(20)2/h3-7,12-13,15H,8-11,14H2,1-2H3,(H,24,26). The Balaban J connectivity index is 1.57. The third-order valence-corrected chi connectivity index (χ3v) is 5.45. The van der Waals surface area contributed by atoms with Gasteiger partial charge in [0.25, 0.3) is 11.8 Å². The third-order valence-electron chi connectivity index (χ3n) is 4.96. The van der Waals surface area contributed by atoms with Gasteiger partial charge in [-0.15, -0.1) is 0 Å². The van der Waals surface area contributed by atoms with Gasteiger partial charge in [0.2, 0.25) is 0 Å². The van der Waals surface area contributed by atoms with E-state index in [1.807, 2.05) is 30.0 Å². The van der Waals surface area contributed by atoms with Crippen molar-refractivity contribution < 1.29 is 14.3 Å². The number of carbonyl (C=O) groups is 2. The van der Waals surface area contributed by atoms with Crippen molar-refractivity contribution in [2.45, 2.75) is 26.7 Å². The van der Waals surface area contributed by atoms with Crippen LogP contribution in [-0.2, 0) is 4.79 Å². The van der Waals surface area contributed by atoms with Crippen LogP contribution in [0, 0.1) is 12.8 Å². The maximum atomic E-state index is 12.7. The first-order valence-corrected chi connectivity index (χ1v) is 10.3.